The number of hydrogen-bond acceptors (Lipinski definition) is 3. The first-order valence-corrected chi connectivity index (χ1v) is 10.4. The van der Waals surface area contributed by atoms with Crippen LogP contribution in [0.3, 0.4) is 0 Å². The van der Waals surface area contributed by atoms with Crippen molar-refractivity contribution in [2.45, 2.75) is 42.2 Å². The number of rotatable bonds is 4. The fourth-order valence-electron chi connectivity index (χ4n) is 3.67. The first-order valence-electron chi connectivity index (χ1n) is 9.60. The number of carbonyl (C=O) groups excluding carboxylic acids is 2. The van der Waals surface area contributed by atoms with E-state index in [2.05, 4.69) is 5.32 Å². The molecular formula is C22H23F3N2O2S. The van der Waals surface area contributed by atoms with E-state index >= 15 is 0 Å². The summed E-state index contributed by atoms with van der Waals surface area (Å²) in [6.07, 6.45) is -1.88. The van der Waals surface area contributed by atoms with E-state index < -0.39 is 17.2 Å². The van der Waals surface area contributed by atoms with Crippen molar-refractivity contribution in [2.24, 2.45) is 0 Å². The summed E-state index contributed by atoms with van der Waals surface area (Å²) in [5.74, 6) is -0.302. The summed E-state index contributed by atoms with van der Waals surface area (Å²) in [6.45, 7) is 0. The number of nitrogens with zero attached hydrogens (tertiary/aromatic N) is 1. The fraction of sp³-hybridized carbons (Fsp3) is 0.364. The molecule has 1 fully saturated rings. The van der Waals surface area contributed by atoms with Crippen LogP contribution in [0.4, 0.5) is 23.7 Å². The number of nitrogens with one attached hydrogen (secondary N) is 1. The van der Waals surface area contributed by atoms with Crippen LogP contribution in [-0.2, 0) is 16.4 Å². The molecule has 0 saturated heterocycles. The van der Waals surface area contributed by atoms with Crippen LogP contribution in [0.2, 0.25) is 0 Å². The van der Waals surface area contributed by atoms with Gasteiger partial charge in [0.2, 0.25) is 5.91 Å². The van der Waals surface area contributed by atoms with Crippen LogP contribution in [0.5, 0.6) is 0 Å². The summed E-state index contributed by atoms with van der Waals surface area (Å²) in [5.41, 5.74) is -0.780. The predicted molar refractivity (Wildman–Crippen MR) is 112 cm³/mol. The summed E-state index contributed by atoms with van der Waals surface area (Å²) in [5, 5.41) is 2.75. The van der Waals surface area contributed by atoms with Gasteiger partial charge in [-0.05, 0) is 60.5 Å². The zero-order valence-electron chi connectivity index (χ0n) is 16.8. The highest BCUT2D eigenvalue weighted by Crippen LogP contribution is 2.43. The number of carbonyl (C=O) groups is 2. The van der Waals surface area contributed by atoms with Gasteiger partial charge in [-0.25, -0.2) is 0 Å². The molecule has 2 aromatic rings. The largest absolute Gasteiger partial charge is 0.416 e. The first-order chi connectivity index (χ1) is 14.1. The van der Waals surface area contributed by atoms with E-state index in [-0.39, 0.29) is 11.1 Å². The minimum atomic E-state index is -4.45. The minimum Gasteiger partial charge on any atom is -0.339 e. The number of halogens is 3. The monoisotopic (exact) mass is 436 g/mol. The lowest BCUT2D eigenvalue weighted by Gasteiger charge is -2.29. The highest BCUT2D eigenvalue weighted by Gasteiger charge is 2.44. The maximum Gasteiger partial charge on any atom is 0.416 e. The Labute approximate surface area is 177 Å². The smallest absolute Gasteiger partial charge is 0.339 e. The van der Waals surface area contributed by atoms with Crippen molar-refractivity contribution in [3.63, 3.8) is 0 Å². The van der Waals surface area contributed by atoms with Crippen LogP contribution in [0.25, 0.3) is 0 Å². The second-order valence-electron chi connectivity index (χ2n) is 7.61. The topological polar surface area (TPSA) is 49.4 Å². The van der Waals surface area contributed by atoms with Gasteiger partial charge in [-0.3, -0.25) is 9.59 Å². The van der Waals surface area contributed by atoms with Gasteiger partial charge in [0.05, 0.1) is 11.0 Å². The Hall–Kier alpha value is -2.48. The van der Waals surface area contributed by atoms with Crippen molar-refractivity contribution in [3.05, 3.63) is 59.7 Å². The number of anilines is 1. The van der Waals surface area contributed by atoms with E-state index in [0.29, 0.717) is 24.1 Å². The molecule has 0 atom stereocenters. The molecular weight excluding hydrogens is 413 g/mol. The van der Waals surface area contributed by atoms with Gasteiger partial charge in [-0.1, -0.05) is 31.0 Å². The number of hydrogen-bond donors (Lipinski definition) is 1. The lowest BCUT2D eigenvalue weighted by molar-refractivity contribution is -0.137. The molecule has 8 heteroatoms. The maximum absolute atomic E-state index is 13.2. The van der Waals surface area contributed by atoms with E-state index in [0.717, 1.165) is 41.6 Å². The number of amides is 2. The Morgan fingerprint density at radius 3 is 2.23 bits per heavy atom. The molecule has 1 aliphatic rings. The van der Waals surface area contributed by atoms with Gasteiger partial charge < -0.3 is 10.2 Å². The Kier molecular flexibility index (Phi) is 6.45. The number of thioether (sulfide) groups is 1. The molecule has 0 spiro atoms. The Morgan fingerprint density at radius 2 is 1.67 bits per heavy atom. The van der Waals surface area contributed by atoms with Crippen molar-refractivity contribution >= 4 is 28.6 Å². The molecule has 0 bridgehead atoms. The molecule has 0 radical (unpaired) electrons. The van der Waals surface area contributed by atoms with Crippen molar-refractivity contribution in [1.29, 1.82) is 0 Å². The zero-order chi connectivity index (χ0) is 21.9. The molecule has 4 nitrogen and oxygen atoms in total. The standard InChI is InChI=1S/C22H23F3N2O2S/c1-27(2)20(29)30-18-10-8-17(9-11-18)26-19(28)21(12-3-4-13-21)15-6-5-7-16(14-15)22(23,24)25/h5-11,14H,3-4,12-13H2,1-2H3,(H,26,28). The first kappa shape index (κ1) is 22.2. The lowest BCUT2D eigenvalue weighted by Crippen LogP contribution is -2.38. The summed E-state index contributed by atoms with van der Waals surface area (Å²) in [6, 6.07) is 11.9. The van der Waals surface area contributed by atoms with E-state index in [9.17, 15) is 22.8 Å². The molecule has 0 unspecified atom stereocenters. The van der Waals surface area contributed by atoms with Crippen molar-refractivity contribution < 1.29 is 22.8 Å². The van der Waals surface area contributed by atoms with Crippen LogP contribution in [0.15, 0.2) is 53.4 Å². The molecule has 2 aromatic carbocycles. The van der Waals surface area contributed by atoms with Gasteiger partial charge in [0.15, 0.2) is 0 Å². The van der Waals surface area contributed by atoms with E-state index in [1.807, 2.05) is 0 Å². The lowest BCUT2D eigenvalue weighted by atomic mass is 9.77. The number of benzene rings is 2. The van der Waals surface area contributed by atoms with Gasteiger partial charge in [0, 0.05) is 24.7 Å². The third-order valence-electron chi connectivity index (χ3n) is 5.32. The Morgan fingerprint density at radius 1 is 1.03 bits per heavy atom. The number of alkyl halides is 3. The molecule has 0 heterocycles. The van der Waals surface area contributed by atoms with Crippen molar-refractivity contribution in [3.8, 4) is 0 Å². The third kappa shape index (κ3) is 4.80. The second-order valence-corrected chi connectivity index (χ2v) is 8.63. The summed E-state index contributed by atoms with van der Waals surface area (Å²) < 4.78 is 39.5. The quantitative estimate of drug-likeness (QED) is 0.605. The molecule has 160 valence electrons. The average molecular weight is 436 g/mol. The maximum atomic E-state index is 13.2. The molecule has 0 aromatic heterocycles. The fourth-order valence-corrected chi connectivity index (χ4v) is 4.32. The van der Waals surface area contributed by atoms with Crippen molar-refractivity contribution in [2.75, 3.05) is 19.4 Å². The highest BCUT2D eigenvalue weighted by molar-refractivity contribution is 8.13. The third-order valence-corrected chi connectivity index (χ3v) is 6.36. The molecule has 2 amide bonds. The molecule has 0 aliphatic heterocycles. The molecule has 1 aliphatic carbocycles. The molecule has 3 rings (SSSR count). The van der Waals surface area contributed by atoms with E-state index in [1.54, 1.807) is 44.4 Å². The predicted octanol–water partition coefficient (Wildman–Crippen LogP) is 5.93. The van der Waals surface area contributed by atoms with E-state index in [4.69, 9.17) is 0 Å². The normalized spacial score (nSPS) is 15.6. The van der Waals surface area contributed by atoms with Gasteiger partial charge in [-0.15, -0.1) is 0 Å². The second kappa shape index (κ2) is 8.71. The van der Waals surface area contributed by atoms with Crippen LogP contribution < -0.4 is 5.32 Å². The summed E-state index contributed by atoms with van der Waals surface area (Å²) in [4.78, 5) is 27.2. The van der Waals surface area contributed by atoms with Gasteiger partial charge in [0.1, 0.15) is 0 Å². The van der Waals surface area contributed by atoms with Gasteiger partial charge >= 0.3 is 6.18 Å². The SMILES string of the molecule is CN(C)C(=O)Sc1ccc(NC(=O)C2(c3cccc(C(F)(F)F)c3)CCCC2)cc1. The van der Waals surface area contributed by atoms with Crippen LogP contribution in [0.1, 0.15) is 36.8 Å². The Bertz CT molecular complexity index is 921. The van der Waals surface area contributed by atoms with Gasteiger partial charge in [-0.2, -0.15) is 13.2 Å². The zero-order valence-corrected chi connectivity index (χ0v) is 17.6. The molecule has 1 saturated carbocycles. The van der Waals surface area contributed by atoms with E-state index in [1.165, 1.54) is 11.0 Å². The van der Waals surface area contributed by atoms with Crippen LogP contribution in [-0.4, -0.2) is 30.1 Å². The molecule has 30 heavy (non-hydrogen) atoms. The summed E-state index contributed by atoms with van der Waals surface area (Å²) >= 11 is 1.07. The summed E-state index contributed by atoms with van der Waals surface area (Å²) in [7, 11) is 3.33. The minimum absolute atomic E-state index is 0.110. The van der Waals surface area contributed by atoms with Gasteiger partial charge in [0.25, 0.3) is 5.24 Å². The average Bonchev–Trinajstić information content (AvgIpc) is 3.20. The van der Waals surface area contributed by atoms with Crippen LogP contribution in [0, 0.1) is 0 Å². The van der Waals surface area contributed by atoms with Crippen molar-refractivity contribution in [1.82, 2.24) is 4.90 Å². The highest BCUT2D eigenvalue weighted by atomic mass is 32.2. The Balaban J connectivity index is 1.81. The van der Waals surface area contributed by atoms with Crippen LogP contribution >= 0.6 is 11.8 Å². The molecule has 1 N–H and O–H groups in total.